The minimum atomic E-state index is -0.406. The molecule has 68 valence electrons. The largest absolute Gasteiger partial charge is 0.147 e. The Hall–Kier alpha value is 1.48. The van der Waals surface area contributed by atoms with Gasteiger partial charge in [-0.05, 0) is 0 Å². The molecular formula is C4H10Cl6. The number of hydrogen-bond donors (Lipinski definition) is 0. The van der Waals surface area contributed by atoms with Crippen LogP contribution in [-0.4, -0.2) is 10.7 Å². The molecule has 0 aliphatic rings. The molecule has 0 amide bonds. The van der Waals surface area contributed by atoms with Crippen molar-refractivity contribution in [3.63, 3.8) is 0 Å². The molecule has 0 aromatic rings. The van der Waals surface area contributed by atoms with Crippen molar-refractivity contribution in [3.05, 3.63) is 13.2 Å². The van der Waals surface area contributed by atoms with E-state index in [1.54, 1.807) is 0 Å². The fourth-order valence-electron chi connectivity index (χ4n) is 0. The van der Waals surface area contributed by atoms with E-state index in [9.17, 15) is 0 Å². The first kappa shape index (κ1) is 30.0. The Balaban J connectivity index is -0.0000000154. The molecule has 0 spiro atoms. The summed E-state index contributed by atoms with van der Waals surface area (Å²) in [7, 11) is 0. The summed E-state index contributed by atoms with van der Waals surface area (Å²) in [6, 6.07) is 0. The predicted octanol–water partition coefficient (Wildman–Crippen LogP) is 4.10. The van der Waals surface area contributed by atoms with Gasteiger partial charge in [-0.1, -0.05) is 0 Å². The first-order valence-corrected chi connectivity index (χ1v) is 3.02. The van der Waals surface area contributed by atoms with Gasteiger partial charge in [-0.25, -0.2) is 0 Å². The minimum Gasteiger partial charge on any atom is -0.147 e. The van der Waals surface area contributed by atoms with Crippen molar-refractivity contribution in [1.82, 2.24) is 0 Å². The van der Waals surface area contributed by atoms with Crippen molar-refractivity contribution in [2.75, 3.05) is 5.88 Å². The van der Waals surface area contributed by atoms with Crippen molar-refractivity contribution in [2.24, 2.45) is 0 Å². The van der Waals surface area contributed by atoms with Gasteiger partial charge >= 0.3 is 0 Å². The van der Waals surface area contributed by atoms with Crippen molar-refractivity contribution in [2.45, 2.75) is 4.84 Å². The first-order chi connectivity index (χ1) is 3.27. The summed E-state index contributed by atoms with van der Waals surface area (Å²) in [6.45, 7) is 6.00. The maximum Gasteiger partial charge on any atom is 0.121 e. The first-order valence-electron chi connectivity index (χ1n) is 1.61. The molecule has 0 heterocycles. The number of halogens is 6. The number of alkyl halides is 3. The second-order valence-corrected chi connectivity index (χ2v) is 2.13. The topological polar surface area (TPSA) is 0 Å². The molecule has 0 aliphatic heterocycles. The maximum atomic E-state index is 5.10. The van der Waals surface area contributed by atoms with E-state index in [2.05, 4.69) is 13.2 Å². The Morgan fingerprint density at radius 3 is 1.10 bits per heavy atom. The van der Waals surface area contributed by atoms with E-state index >= 15 is 0 Å². The van der Waals surface area contributed by atoms with E-state index in [0.29, 0.717) is 5.88 Å². The molecule has 0 saturated carbocycles. The van der Waals surface area contributed by atoms with Gasteiger partial charge in [0.2, 0.25) is 0 Å². The Morgan fingerprint density at radius 1 is 1.00 bits per heavy atom. The maximum absolute atomic E-state index is 5.10. The van der Waals surface area contributed by atoms with Gasteiger partial charge in [0.15, 0.2) is 0 Å². The second-order valence-electron chi connectivity index (χ2n) is 0.545. The van der Waals surface area contributed by atoms with Crippen LogP contribution in [0, 0.1) is 0 Å². The van der Waals surface area contributed by atoms with Crippen molar-refractivity contribution >= 4 is 72.0 Å². The van der Waals surface area contributed by atoms with E-state index < -0.39 is 4.84 Å². The standard InChI is InChI=1S/C2H3Cl3.C2H4.3ClH/c3-1-2(4)5;1-2;;;/h2H,1H2;1-2H2;3*1H. The fourth-order valence-corrected chi connectivity index (χ4v) is 0. The zero-order valence-electron chi connectivity index (χ0n) is 5.06. The molecule has 0 aliphatic carbocycles. The Bertz CT molecular complexity index is 30.9. The number of rotatable bonds is 1. The molecule has 0 radical (unpaired) electrons. The van der Waals surface area contributed by atoms with Crippen LogP contribution in [0.25, 0.3) is 0 Å². The molecule has 10 heavy (non-hydrogen) atoms. The van der Waals surface area contributed by atoms with Crippen LogP contribution >= 0.6 is 72.0 Å². The molecule has 0 aromatic heterocycles. The highest BCUT2D eigenvalue weighted by molar-refractivity contribution is 6.47. The zero-order valence-corrected chi connectivity index (χ0v) is 9.77. The van der Waals surface area contributed by atoms with Crippen LogP contribution in [0.1, 0.15) is 0 Å². The Morgan fingerprint density at radius 2 is 1.10 bits per heavy atom. The molecular weight excluding hydrogens is 261 g/mol. The molecule has 0 saturated heterocycles. The van der Waals surface area contributed by atoms with Gasteiger partial charge < -0.3 is 0 Å². The van der Waals surface area contributed by atoms with E-state index in [1.165, 1.54) is 0 Å². The third kappa shape index (κ3) is 56.3. The van der Waals surface area contributed by atoms with Crippen LogP contribution in [-0.2, 0) is 0 Å². The number of hydrogen-bond acceptors (Lipinski definition) is 0. The van der Waals surface area contributed by atoms with E-state index in [-0.39, 0.29) is 37.2 Å². The third-order valence-electron chi connectivity index (χ3n) is 0.117. The normalized spacial score (nSPS) is 5.20. The van der Waals surface area contributed by atoms with Gasteiger partial charge in [-0.15, -0.1) is 85.2 Å². The lowest BCUT2D eigenvalue weighted by Gasteiger charge is -1.82. The van der Waals surface area contributed by atoms with Gasteiger partial charge in [-0.2, -0.15) is 0 Å². The highest BCUT2D eigenvalue weighted by Crippen LogP contribution is 2.01. The van der Waals surface area contributed by atoms with Gasteiger partial charge in [0.25, 0.3) is 0 Å². The SMILES string of the molecule is C=C.Cl.Cl.Cl.ClCC(Cl)Cl. The average molecular weight is 271 g/mol. The molecule has 0 atom stereocenters. The van der Waals surface area contributed by atoms with Gasteiger partial charge in [-0.3, -0.25) is 0 Å². The van der Waals surface area contributed by atoms with Crippen LogP contribution in [0.3, 0.4) is 0 Å². The Labute approximate surface area is 95.5 Å². The molecule has 0 unspecified atom stereocenters. The van der Waals surface area contributed by atoms with E-state index in [0.717, 1.165) is 0 Å². The average Bonchev–Trinajstić information content (AvgIpc) is 1.73. The second kappa shape index (κ2) is 31.4. The van der Waals surface area contributed by atoms with Gasteiger partial charge in [0.05, 0.1) is 5.88 Å². The quantitative estimate of drug-likeness (QED) is 0.497. The lowest BCUT2D eigenvalue weighted by Crippen LogP contribution is -1.82. The highest BCUT2D eigenvalue weighted by atomic mass is 35.5. The van der Waals surface area contributed by atoms with E-state index in [4.69, 9.17) is 34.8 Å². The van der Waals surface area contributed by atoms with Crippen LogP contribution < -0.4 is 0 Å². The third-order valence-corrected chi connectivity index (χ3v) is 1.05. The molecule has 0 aromatic carbocycles. The van der Waals surface area contributed by atoms with Crippen LogP contribution in [0.4, 0.5) is 0 Å². The smallest absolute Gasteiger partial charge is 0.121 e. The molecule has 0 N–H and O–H groups in total. The van der Waals surface area contributed by atoms with Crippen molar-refractivity contribution in [1.29, 1.82) is 0 Å². The fraction of sp³-hybridized carbons (Fsp3) is 0.500. The van der Waals surface area contributed by atoms with Crippen molar-refractivity contribution in [3.8, 4) is 0 Å². The zero-order chi connectivity index (χ0) is 6.28. The molecule has 0 rings (SSSR count). The monoisotopic (exact) mass is 268 g/mol. The van der Waals surface area contributed by atoms with Gasteiger partial charge in [0, 0.05) is 0 Å². The lowest BCUT2D eigenvalue weighted by molar-refractivity contribution is 1.40. The highest BCUT2D eigenvalue weighted by Gasteiger charge is 1.88. The van der Waals surface area contributed by atoms with Crippen molar-refractivity contribution < 1.29 is 0 Å². The summed E-state index contributed by atoms with van der Waals surface area (Å²) in [5.41, 5.74) is 0. The molecule has 6 heteroatoms. The van der Waals surface area contributed by atoms with Crippen LogP contribution in [0.15, 0.2) is 13.2 Å². The summed E-state index contributed by atoms with van der Waals surface area (Å²) in [4.78, 5) is -0.406. The lowest BCUT2D eigenvalue weighted by atomic mass is 10.9. The Kier molecular flexibility index (Phi) is 94.2. The van der Waals surface area contributed by atoms with E-state index in [1.807, 2.05) is 0 Å². The minimum absolute atomic E-state index is 0. The van der Waals surface area contributed by atoms with Crippen LogP contribution in [0.2, 0.25) is 0 Å². The molecule has 0 fully saturated rings. The predicted molar refractivity (Wildman–Crippen MR) is 59.2 cm³/mol. The molecule has 0 nitrogen and oxygen atoms in total. The summed E-state index contributed by atoms with van der Waals surface area (Å²) in [5.74, 6) is 0.309. The molecule has 0 bridgehead atoms. The van der Waals surface area contributed by atoms with Gasteiger partial charge in [0.1, 0.15) is 4.84 Å². The summed E-state index contributed by atoms with van der Waals surface area (Å²) < 4.78 is 0. The van der Waals surface area contributed by atoms with Crippen LogP contribution in [0.5, 0.6) is 0 Å². The summed E-state index contributed by atoms with van der Waals surface area (Å²) in [6.07, 6.45) is 0. The summed E-state index contributed by atoms with van der Waals surface area (Å²) >= 11 is 15.3. The summed E-state index contributed by atoms with van der Waals surface area (Å²) in [5, 5.41) is 0.